The second-order valence-corrected chi connectivity index (χ2v) is 6.49. The smallest absolute Gasteiger partial charge is 0.252 e. The predicted molar refractivity (Wildman–Crippen MR) is 98.1 cm³/mol. The summed E-state index contributed by atoms with van der Waals surface area (Å²) in [6.45, 7) is 2.27. The third-order valence-electron chi connectivity index (χ3n) is 3.72. The predicted octanol–water partition coefficient (Wildman–Crippen LogP) is 3.81. The number of carbonyl (C=O) groups excluding carboxylic acids is 1. The molecule has 2 N–H and O–H groups in total. The Morgan fingerprint density at radius 1 is 1.20 bits per heavy atom. The maximum absolute atomic E-state index is 11.6. The zero-order valence-electron chi connectivity index (χ0n) is 14.0. The first kappa shape index (κ1) is 17.0. The maximum Gasteiger partial charge on any atom is 0.252 e. The van der Waals surface area contributed by atoms with E-state index in [1.165, 1.54) is 7.11 Å². The van der Waals surface area contributed by atoms with E-state index >= 15 is 0 Å². The number of nitrogens with two attached hydrogens (primary N) is 1. The molecule has 5 nitrogen and oxygen atoms in total. The Balaban J connectivity index is 1.81. The normalized spacial score (nSPS) is 10.5. The fraction of sp³-hybridized carbons (Fsp3) is 0.158. The van der Waals surface area contributed by atoms with Crippen molar-refractivity contribution in [1.82, 2.24) is 4.98 Å². The zero-order valence-corrected chi connectivity index (χ0v) is 14.8. The number of benzene rings is 2. The van der Waals surface area contributed by atoms with Gasteiger partial charge in [0.15, 0.2) is 0 Å². The lowest BCUT2D eigenvalue weighted by molar-refractivity contribution is 0.0995. The minimum atomic E-state index is -0.556. The van der Waals surface area contributed by atoms with Crippen molar-refractivity contribution in [3.63, 3.8) is 0 Å². The number of amides is 1. The number of nitrogens with zero attached hydrogens (tertiary/aromatic N) is 1. The second kappa shape index (κ2) is 7.36. The molecule has 25 heavy (non-hydrogen) atoms. The molecule has 1 amide bonds. The summed E-state index contributed by atoms with van der Waals surface area (Å²) < 4.78 is 11.0. The summed E-state index contributed by atoms with van der Waals surface area (Å²) in [7, 11) is 1.53. The van der Waals surface area contributed by atoms with Gasteiger partial charge in [-0.3, -0.25) is 4.79 Å². The molecular formula is C19H18N2O3S. The summed E-state index contributed by atoms with van der Waals surface area (Å²) >= 11 is 1.58. The Morgan fingerprint density at radius 3 is 2.64 bits per heavy atom. The van der Waals surface area contributed by atoms with Gasteiger partial charge in [-0.05, 0) is 25.1 Å². The van der Waals surface area contributed by atoms with E-state index in [-0.39, 0.29) is 0 Å². The molecule has 0 aliphatic heterocycles. The Bertz CT molecular complexity index is 891. The van der Waals surface area contributed by atoms with E-state index in [4.69, 9.17) is 15.2 Å². The molecule has 0 unspecified atom stereocenters. The SMILES string of the molecule is COc1ccc(OCc2sc(-c3ccccc3)nc2C)c(C(N)=O)c1. The summed E-state index contributed by atoms with van der Waals surface area (Å²) in [6.07, 6.45) is 0. The van der Waals surface area contributed by atoms with Crippen LogP contribution in [-0.4, -0.2) is 18.0 Å². The topological polar surface area (TPSA) is 74.4 Å². The van der Waals surface area contributed by atoms with E-state index in [0.717, 1.165) is 21.1 Å². The number of hydrogen-bond acceptors (Lipinski definition) is 5. The van der Waals surface area contributed by atoms with E-state index in [1.54, 1.807) is 29.5 Å². The average molecular weight is 354 g/mol. The molecule has 0 atom stereocenters. The number of methoxy groups -OCH3 is 1. The maximum atomic E-state index is 11.6. The molecule has 1 heterocycles. The van der Waals surface area contributed by atoms with Crippen LogP contribution in [0, 0.1) is 6.92 Å². The first-order valence-corrected chi connectivity index (χ1v) is 8.52. The van der Waals surface area contributed by atoms with Gasteiger partial charge in [0.2, 0.25) is 0 Å². The largest absolute Gasteiger partial charge is 0.497 e. The highest BCUT2D eigenvalue weighted by Crippen LogP contribution is 2.30. The molecule has 128 valence electrons. The summed E-state index contributed by atoms with van der Waals surface area (Å²) in [4.78, 5) is 17.2. The summed E-state index contributed by atoms with van der Waals surface area (Å²) in [5.41, 5.74) is 7.72. The van der Waals surface area contributed by atoms with Crippen molar-refractivity contribution in [3.8, 4) is 22.1 Å². The molecule has 0 bridgehead atoms. The highest BCUT2D eigenvalue weighted by Gasteiger charge is 2.14. The molecule has 2 aromatic carbocycles. The number of carbonyl (C=O) groups is 1. The molecular weight excluding hydrogens is 336 g/mol. The monoisotopic (exact) mass is 354 g/mol. The standard InChI is InChI=1S/C19H18N2O3S/c1-12-17(25-19(21-12)13-6-4-3-5-7-13)11-24-16-9-8-14(23-2)10-15(16)18(20)22/h3-10H,11H2,1-2H3,(H2,20,22). The number of aromatic nitrogens is 1. The van der Waals surface area contributed by atoms with Crippen molar-refractivity contribution < 1.29 is 14.3 Å². The highest BCUT2D eigenvalue weighted by molar-refractivity contribution is 7.15. The number of thiazole rings is 1. The molecule has 0 saturated heterocycles. The lowest BCUT2D eigenvalue weighted by atomic mass is 10.2. The minimum absolute atomic E-state index is 0.296. The van der Waals surface area contributed by atoms with Gasteiger partial charge >= 0.3 is 0 Å². The second-order valence-electron chi connectivity index (χ2n) is 5.41. The minimum Gasteiger partial charge on any atom is -0.497 e. The van der Waals surface area contributed by atoms with Crippen LogP contribution in [0.25, 0.3) is 10.6 Å². The van der Waals surface area contributed by atoms with Crippen LogP contribution in [0.5, 0.6) is 11.5 Å². The Morgan fingerprint density at radius 2 is 1.96 bits per heavy atom. The van der Waals surface area contributed by atoms with E-state index in [2.05, 4.69) is 4.98 Å². The molecule has 0 fully saturated rings. The molecule has 0 saturated carbocycles. The van der Waals surface area contributed by atoms with Crippen LogP contribution in [-0.2, 0) is 6.61 Å². The Hall–Kier alpha value is -2.86. The van der Waals surface area contributed by atoms with E-state index in [0.29, 0.717) is 23.7 Å². The lowest BCUT2D eigenvalue weighted by Crippen LogP contribution is -2.13. The van der Waals surface area contributed by atoms with Crippen molar-refractivity contribution in [2.75, 3.05) is 7.11 Å². The van der Waals surface area contributed by atoms with Gasteiger partial charge in [-0.25, -0.2) is 4.98 Å². The quantitative estimate of drug-likeness (QED) is 0.730. The van der Waals surface area contributed by atoms with Crippen LogP contribution in [0.4, 0.5) is 0 Å². The molecule has 1 aromatic heterocycles. The van der Waals surface area contributed by atoms with Crippen molar-refractivity contribution in [1.29, 1.82) is 0 Å². The molecule has 3 aromatic rings. The van der Waals surface area contributed by atoms with Gasteiger partial charge in [-0.1, -0.05) is 30.3 Å². The van der Waals surface area contributed by atoms with Gasteiger partial charge in [-0.2, -0.15) is 0 Å². The molecule has 3 rings (SSSR count). The number of hydrogen-bond donors (Lipinski definition) is 1. The van der Waals surface area contributed by atoms with Crippen LogP contribution in [0.3, 0.4) is 0 Å². The first-order chi connectivity index (χ1) is 12.1. The van der Waals surface area contributed by atoms with Gasteiger partial charge in [0.25, 0.3) is 5.91 Å². The number of ether oxygens (including phenoxy) is 2. The fourth-order valence-corrected chi connectivity index (χ4v) is 3.35. The van der Waals surface area contributed by atoms with Crippen LogP contribution < -0.4 is 15.2 Å². The molecule has 6 heteroatoms. The van der Waals surface area contributed by atoms with Crippen LogP contribution in [0.1, 0.15) is 20.9 Å². The van der Waals surface area contributed by atoms with Crippen molar-refractivity contribution in [2.24, 2.45) is 5.73 Å². The molecule has 0 spiro atoms. The van der Waals surface area contributed by atoms with Crippen LogP contribution in [0.2, 0.25) is 0 Å². The van der Waals surface area contributed by atoms with Gasteiger partial charge < -0.3 is 15.2 Å². The van der Waals surface area contributed by atoms with E-state index in [9.17, 15) is 4.79 Å². The Labute approximate surface area is 150 Å². The van der Waals surface area contributed by atoms with Crippen molar-refractivity contribution >= 4 is 17.2 Å². The van der Waals surface area contributed by atoms with Gasteiger partial charge in [0, 0.05) is 5.56 Å². The van der Waals surface area contributed by atoms with Crippen molar-refractivity contribution in [3.05, 3.63) is 64.7 Å². The Kier molecular flexibility index (Phi) is 5.00. The lowest BCUT2D eigenvalue weighted by Gasteiger charge is -2.10. The van der Waals surface area contributed by atoms with Crippen LogP contribution in [0.15, 0.2) is 48.5 Å². The fourth-order valence-electron chi connectivity index (χ4n) is 2.36. The number of aryl methyl sites for hydroxylation is 1. The van der Waals surface area contributed by atoms with Gasteiger partial charge in [0.1, 0.15) is 23.1 Å². The summed E-state index contributed by atoms with van der Waals surface area (Å²) in [5, 5.41) is 0.946. The van der Waals surface area contributed by atoms with Crippen molar-refractivity contribution in [2.45, 2.75) is 13.5 Å². The number of rotatable bonds is 6. The average Bonchev–Trinajstić information content (AvgIpc) is 3.01. The van der Waals surface area contributed by atoms with Gasteiger partial charge in [-0.15, -0.1) is 11.3 Å². The molecule has 0 aliphatic rings. The van der Waals surface area contributed by atoms with E-state index < -0.39 is 5.91 Å². The third kappa shape index (κ3) is 3.80. The van der Waals surface area contributed by atoms with Crippen LogP contribution >= 0.6 is 11.3 Å². The van der Waals surface area contributed by atoms with Gasteiger partial charge in [0.05, 0.1) is 23.2 Å². The zero-order chi connectivity index (χ0) is 17.8. The summed E-state index contributed by atoms with van der Waals surface area (Å²) in [5.74, 6) is 0.434. The summed E-state index contributed by atoms with van der Waals surface area (Å²) in [6, 6.07) is 15.0. The highest BCUT2D eigenvalue weighted by atomic mass is 32.1. The van der Waals surface area contributed by atoms with E-state index in [1.807, 2.05) is 37.3 Å². The molecule has 0 aliphatic carbocycles. The first-order valence-electron chi connectivity index (χ1n) is 7.71. The molecule has 0 radical (unpaired) electrons. The third-order valence-corrected chi connectivity index (χ3v) is 4.90. The number of primary amides is 1.